The fourth-order valence-electron chi connectivity index (χ4n) is 2.87. The molecule has 0 aliphatic rings. The van der Waals surface area contributed by atoms with Gasteiger partial charge in [0.2, 0.25) is 15.9 Å². The van der Waals surface area contributed by atoms with Crippen molar-refractivity contribution >= 4 is 38.4 Å². The molecule has 1 heterocycles. The van der Waals surface area contributed by atoms with Gasteiger partial charge in [0.05, 0.1) is 21.4 Å². The summed E-state index contributed by atoms with van der Waals surface area (Å²) >= 11 is 0. The number of rotatable bonds is 6. The summed E-state index contributed by atoms with van der Waals surface area (Å²) in [5.41, 5.74) is -0.515. The minimum absolute atomic E-state index is 0.0201. The van der Waals surface area contributed by atoms with Crippen molar-refractivity contribution in [3.63, 3.8) is 0 Å². The maximum atomic E-state index is 12.5. The number of amides is 1. The molecule has 12 heteroatoms. The number of nitro groups is 1. The zero-order valence-electron chi connectivity index (χ0n) is 16.9. The van der Waals surface area contributed by atoms with E-state index in [-0.39, 0.29) is 27.4 Å². The molecule has 0 saturated heterocycles. The Balaban J connectivity index is 1.81. The van der Waals surface area contributed by atoms with Crippen LogP contribution in [0.25, 0.3) is 11.1 Å². The monoisotopic (exact) mass is 448 g/mol. The summed E-state index contributed by atoms with van der Waals surface area (Å²) in [6.07, 6.45) is 0. The molecule has 3 rings (SSSR count). The Kier molecular flexibility index (Phi) is 5.70. The van der Waals surface area contributed by atoms with Crippen LogP contribution in [-0.4, -0.2) is 29.4 Å². The summed E-state index contributed by atoms with van der Waals surface area (Å²) in [6, 6.07) is 9.29. The normalized spacial score (nSPS) is 12.1. The maximum Gasteiger partial charge on any atom is 0.420 e. The second-order valence-corrected chi connectivity index (χ2v) is 9.48. The van der Waals surface area contributed by atoms with Crippen LogP contribution in [0.1, 0.15) is 20.8 Å². The third kappa shape index (κ3) is 5.16. The largest absolute Gasteiger partial charge is 0.420 e. The van der Waals surface area contributed by atoms with E-state index < -0.39 is 38.7 Å². The number of fused-ring (bicyclic) bond motifs is 1. The van der Waals surface area contributed by atoms with Crippen molar-refractivity contribution < 1.29 is 22.6 Å². The van der Waals surface area contributed by atoms with Gasteiger partial charge >= 0.3 is 5.76 Å². The summed E-state index contributed by atoms with van der Waals surface area (Å²) in [5, 5.41) is 13.4. The Morgan fingerprint density at radius 1 is 1.19 bits per heavy atom. The van der Waals surface area contributed by atoms with Crippen molar-refractivity contribution in [3.8, 4) is 0 Å². The Bertz CT molecular complexity index is 1330. The van der Waals surface area contributed by atoms with Gasteiger partial charge in [0.1, 0.15) is 6.54 Å². The van der Waals surface area contributed by atoms with Crippen LogP contribution in [0.2, 0.25) is 0 Å². The number of hydrogen-bond acceptors (Lipinski definition) is 7. The fourth-order valence-corrected chi connectivity index (χ4v) is 4.33. The third-order valence-electron chi connectivity index (χ3n) is 4.03. The highest BCUT2D eigenvalue weighted by atomic mass is 32.2. The molecular weight excluding hydrogens is 428 g/mol. The molecule has 0 unspecified atom stereocenters. The number of hydrogen-bond donors (Lipinski definition) is 2. The number of oxazole rings is 1. The number of nitrogens with one attached hydrogen (secondary N) is 2. The van der Waals surface area contributed by atoms with Crippen LogP contribution in [0.3, 0.4) is 0 Å². The van der Waals surface area contributed by atoms with E-state index in [1.807, 2.05) is 0 Å². The number of nitrogens with zero attached hydrogens (tertiary/aromatic N) is 2. The number of benzene rings is 2. The van der Waals surface area contributed by atoms with Gasteiger partial charge in [-0.1, -0.05) is 6.07 Å². The lowest BCUT2D eigenvalue weighted by Crippen LogP contribution is -2.40. The second-order valence-electron chi connectivity index (χ2n) is 7.79. The zero-order chi connectivity index (χ0) is 23.0. The number of aromatic nitrogens is 1. The SMILES string of the molecule is CC(C)(C)NS(=O)(=O)c1cccc(NC(=O)Cn2c(=O)oc3cc([N+](=O)[O-])ccc32)c1. The summed E-state index contributed by atoms with van der Waals surface area (Å²) in [4.78, 5) is 34.7. The highest BCUT2D eigenvalue weighted by molar-refractivity contribution is 7.89. The number of nitro benzene ring substituents is 1. The molecule has 1 aromatic heterocycles. The van der Waals surface area contributed by atoms with Crippen molar-refractivity contribution in [2.24, 2.45) is 0 Å². The topological polar surface area (TPSA) is 154 Å². The van der Waals surface area contributed by atoms with Crippen molar-refractivity contribution in [2.45, 2.75) is 37.8 Å². The van der Waals surface area contributed by atoms with E-state index in [1.54, 1.807) is 20.8 Å². The molecule has 0 aliphatic heterocycles. The van der Waals surface area contributed by atoms with E-state index in [0.717, 1.165) is 10.6 Å². The Labute approximate surface area is 176 Å². The minimum Gasteiger partial charge on any atom is -0.407 e. The molecule has 0 aliphatic carbocycles. The molecule has 0 fully saturated rings. The van der Waals surface area contributed by atoms with Gasteiger partial charge in [-0.25, -0.2) is 17.9 Å². The molecule has 0 bridgehead atoms. The van der Waals surface area contributed by atoms with Crippen molar-refractivity contribution in [1.29, 1.82) is 0 Å². The lowest BCUT2D eigenvalue weighted by molar-refractivity contribution is -0.384. The first-order valence-electron chi connectivity index (χ1n) is 9.07. The quantitative estimate of drug-likeness (QED) is 0.433. The van der Waals surface area contributed by atoms with Gasteiger partial charge in [0, 0.05) is 17.3 Å². The number of non-ortho nitro benzene ring substituents is 1. The maximum absolute atomic E-state index is 12.5. The van der Waals surface area contributed by atoms with E-state index in [4.69, 9.17) is 4.42 Å². The van der Waals surface area contributed by atoms with Crippen LogP contribution in [0.15, 0.2) is 56.6 Å². The summed E-state index contributed by atoms with van der Waals surface area (Å²) < 4.78 is 33.5. The first-order chi connectivity index (χ1) is 14.4. The molecule has 0 saturated carbocycles. The first kappa shape index (κ1) is 22.2. The smallest absolute Gasteiger partial charge is 0.407 e. The molecular formula is C19H20N4O7S. The lowest BCUT2D eigenvalue weighted by Gasteiger charge is -2.20. The predicted molar refractivity (Wildman–Crippen MR) is 112 cm³/mol. The average molecular weight is 448 g/mol. The average Bonchev–Trinajstić information content (AvgIpc) is 2.94. The van der Waals surface area contributed by atoms with E-state index >= 15 is 0 Å². The second kappa shape index (κ2) is 7.96. The first-order valence-corrected chi connectivity index (χ1v) is 10.6. The standard InChI is InChI=1S/C19H20N4O7S/c1-19(2,3)21-31(28,29)14-6-4-5-12(9-14)20-17(24)11-22-15-8-7-13(23(26)27)10-16(15)30-18(22)25/h4-10,21H,11H2,1-3H3,(H,20,24). The molecule has 0 radical (unpaired) electrons. The number of anilines is 1. The summed E-state index contributed by atoms with van der Waals surface area (Å²) in [5.74, 6) is -1.46. The molecule has 0 spiro atoms. The molecule has 31 heavy (non-hydrogen) atoms. The van der Waals surface area contributed by atoms with Crippen LogP contribution in [0.4, 0.5) is 11.4 Å². The van der Waals surface area contributed by atoms with Crippen LogP contribution in [0, 0.1) is 10.1 Å². The predicted octanol–water partition coefficient (Wildman–Crippen LogP) is 2.22. The van der Waals surface area contributed by atoms with Crippen LogP contribution in [-0.2, 0) is 21.4 Å². The van der Waals surface area contributed by atoms with Gasteiger partial charge in [-0.2, -0.15) is 0 Å². The number of sulfonamides is 1. The van der Waals surface area contributed by atoms with Crippen LogP contribution >= 0.6 is 0 Å². The summed E-state index contributed by atoms with van der Waals surface area (Å²) in [7, 11) is -3.80. The highest BCUT2D eigenvalue weighted by Crippen LogP contribution is 2.21. The van der Waals surface area contributed by atoms with E-state index in [2.05, 4.69) is 10.0 Å². The van der Waals surface area contributed by atoms with E-state index in [1.165, 1.54) is 36.4 Å². The third-order valence-corrected chi connectivity index (χ3v) is 5.79. The fraction of sp³-hybridized carbons (Fsp3) is 0.263. The van der Waals surface area contributed by atoms with Gasteiger partial charge in [-0.3, -0.25) is 19.5 Å². The molecule has 1 amide bonds. The van der Waals surface area contributed by atoms with Crippen LogP contribution < -0.4 is 15.8 Å². The highest BCUT2D eigenvalue weighted by Gasteiger charge is 2.22. The number of carbonyl (C=O) groups excluding carboxylic acids is 1. The number of carbonyl (C=O) groups is 1. The minimum atomic E-state index is -3.80. The zero-order valence-corrected chi connectivity index (χ0v) is 17.7. The van der Waals surface area contributed by atoms with Crippen molar-refractivity contribution in [3.05, 3.63) is 63.1 Å². The van der Waals surface area contributed by atoms with Crippen LogP contribution in [0.5, 0.6) is 0 Å². The van der Waals surface area contributed by atoms with Gasteiger partial charge in [0.25, 0.3) is 5.69 Å². The van der Waals surface area contributed by atoms with Crippen molar-refractivity contribution in [1.82, 2.24) is 9.29 Å². The van der Waals surface area contributed by atoms with Gasteiger partial charge in [0.15, 0.2) is 5.58 Å². The molecule has 3 aromatic rings. The summed E-state index contributed by atoms with van der Waals surface area (Å²) in [6.45, 7) is 4.69. The Hall–Kier alpha value is -3.51. The molecule has 0 atom stereocenters. The molecule has 2 N–H and O–H groups in total. The lowest BCUT2D eigenvalue weighted by atomic mass is 10.1. The Morgan fingerprint density at radius 3 is 2.55 bits per heavy atom. The van der Waals surface area contributed by atoms with Gasteiger partial charge in [-0.15, -0.1) is 0 Å². The van der Waals surface area contributed by atoms with Gasteiger partial charge < -0.3 is 9.73 Å². The molecule has 164 valence electrons. The molecule has 2 aromatic carbocycles. The van der Waals surface area contributed by atoms with E-state index in [9.17, 15) is 28.1 Å². The van der Waals surface area contributed by atoms with Gasteiger partial charge in [-0.05, 0) is 45.0 Å². The Morgan fingerprint density at radius 2 is 1.90 bits per heavy atom. The van der Waals surface area contributed by atoms with E-state index in [0.29, 0.717) is 0 Å². The molecule has 11 nitrogen and oxygen atoms in total. The van der Waals surface area contributed by atoms with Crippen molar-refractivity contribution in [2.75, 3.05) is 5.32 Å².